The van der Waals surface area contributed by atoms with E-state index in [4.69, 9.17) is 4.42 Å². The third-order valence-electron chi connectivity index (χ3n) is 3.39. The van der Waals surface area contributed by atoms with Gasteiger partial charge < -0.3 is 15.1 Å². The normalized spacial score (nSPS) is 27.1. The summed E-state index contributed by atoms with van der Waals surface area (Å²) in [5.74, 6) is 1.06. The van der Waals surface area contributed by atoms with Gasteiger partial charge in [-0.2, -0.15) is 0 Å². The van der Waals surface area contributed by atoms with Crippen LogP contribution >= 0.6 is 0 Å². The maximum atomic E-state index is 5.35. The number of hydrogen-bond donors (Lipinski definition) is 2. The molecule has 1 aromatic heterocycles. The Labute approximate surface area is 97.6 Å². The van der Waals surface area contributed by atoms with Crippen LogP contribution in [0.25, 0.3) is 0 Å². The lowest BCUT2D eigenvalue weighted by molar-refractivity contribution is 0.356. The molecule has 2 rings (SSSR count). The number of hydrogen-bond acceptors (Lipinski definition) is 3. The van der Waals surface area contributed by atoms with E-state index in [1.807, 2.05) is 12.1 Å². The van der Waals surface area contributed by atoms with Gasteiger partial charge in [0.25, 0.3) is 0 Å². The molecule has 2 atom stereocenters. The van der Waals surface area contributed by atoms with E-state index < -0.39 is 0 Å². The Balaban J connectivity index is 1.73. The van der Waals surface area contributed by atoms with E-state index in [-0.39, 0.29) is 5.54 Å². The van der Waals surface area contributed by atoms with Gasteiger partial charge in [0, 0.05) is 24.5 Å². The molecule has 2 unspecified atom stereocenters. The molecule has 0 aromatic carbocycles. The van der Waals surface area contributed by atoms with E-state index in [2.05, 4.69) is 24.5 Å². The van der Waals surface area contributed by atoms with Crippen molar-refractivity contribution in [3.05, 3.63) is 24.2 Å². The van der Waals surface area contributed by atoms with Crippen LogP contribution in [0.2, 0.25) is 0 Å². The molecule has 0 amide bonds. The van der Waals surface area contributed by atoms with Crippen molar-refractivity contribution in [2.24, 2.45) is 0 Å². The summed E-state index contributed by atoms with van der Waals surface area (Å²) in [7, 11) is 0. The van der Waals surface area contributed by atoms with Gasteiger partial charge in [-0.15, -0.1) is 0 Å². The minimum Gasteiger partial charge on any atom is -0.469 e. The summed E-state index contributed by atoms with van der Waals surface area (Å²) >= 11 is 0. The molecule has 0 saturated carbocycles. The van der Waals surface area contributed by atoms with Gasteiger partial charge in [-0.3, -0.25) is 0 Å². The Bertz CT molecular complexity index is 302. The highest BCUT2D eigenvalue weighted by Crippen LogP contribution is 2.17. The van der Waals surface area contributed by atoms with Crippen molar-refractivity contribution in [2.75, 3.05) is 13.1 Å². The highest BCUT2D eigenvalue weighted by Gasteiger charge is 2.27. The zero-order chi connectivity index (χ0) is 11.4. The van der Waals surface area contributed by atoms with E-state index in [0.29, 0.717) is 6.04 Å². The molecule has 1 aliphatic rings. The summed E-state index contributed by atoms with van der Waals surface area (Å²) < 4.78 is 5.35. The maximum absolute atomic E-state index is 5.35. The molecule has 3 nitrogen and oxygen atoms in total. The molecule has 3 heteroatoms. The van der Waals surface area contributed by atoms with E-state index >= 15 is 0 Å². The zero-order valence-corrected chi connectivity index (χ0v) is 10.3. The SMILES string of the molecule is CC(Cc1ccco1)NCC1(C)CCCN1. The summed E-state index contributed by atoms with van der Waals surface area (Å²) in [6, 6.07) is 4.45. The van der Waals surface area contributed by atoms with Crippen molar-refractivity contribution in [2.45, 2.75) is 44.7 Å². The first-order valence-corrected chi connectivity index (χ1v) is 6.19. The Hall–Kier alpha value is -0.800. The highest BCUT2D eigenvalue weighted by molar-refractivity contribution is 5.00. The Morgan fingerprint density at radius 2 is 2.50 bits per heavy atom. The first kappa shape index (κ1) is 11.7. The smallest absolute Gasteiger partial charge is 0.105 e. The first-order valence-electron chi connectivity index (χ1n) is 6.19. The fourth-order valence-corrected chi connectivity index (χ4v) is 2.31. The van der Waals surface area contributed by atoms with E-state index in [0.717, 1.165) is 25.3 Å². The molecule has 16 heavy (non-hydrogen) atoms. The van der Waals surface area contributed by atoms with Crippen LogP contribution in [0.15, 0.2) is 22.8 Å². The fourth-order valence-electron chi connectivity index (χ4n) is 2.31. The predicted octanol–water partition coefficient (Wildman–Crippen LogP) is 1.94. The Morgan fingerprint density at radius 3 is 3.12 bits per heavy atom. The van der Waals surface area contributed by atoms with Crippen LogP contribution in [0.3, 0.4) is 0 Å². The van der Waals surface area contributed by atoms with Crippen molar-refractivity contribution in [3.8, 4) is 0 Å². The van der Waals surface area contributed by atoms with Gasteiger partial charge >= 0.3 is 0 Å². The molecule has 1 aliphatic heterocycles. The number of rotatable bonds is 5. The summed E-state index contributed by atoms with van der Waals surface area (Å²) in [4.78, 5) is 0. The second-order valence-electron chi connectivity index (χ2n) is 5.16. The third-order valence-corrected chi connectivity index (χ3v) is 3.39. The van der Waals surface area contributed by atoms with Gasteiger partial charge in [0.15, 0.2) is 0 Å². The van der Waals surface area contributed by atoms with Crippen LogP contribution in [-0.4, -0.2) is 24.7 Å². The van der Waals surface area contributed by atoms with Crippen LogP contribution in [0.1, 0.15) is 32.4 Å². The van der Waals surface area contributed by atoms with Gasteiger partial charge in [0.2, 0.25) is 0 Å². The fraction of sp³-hybridized carbons (Fsp3) is 0.692. The molecule has 90 valence electrons. The van der Waals surface area contributed by atoms with Crippen molar-refractivity contribution < 1.29 is 4.42 Å². The average Bonchev–Trinajstić information content (AvgIpc) is 2.88. The highest BCUT2D eigenvalue weighted by atomic mass is 16.3. The van der Waals surface area contributed by atoms with Crippen LogP contribution in [0, 0.1) is 0 Å². The zero-order valence-electron chi connectivity index (χ0n) is 10.3. The minimum absolute atomic E-state index is 0.289. The second kappa shape index (κ2) is 5.02. The predicted molar refractivity (Wildman–Crippen MR) is 65.5 cm³/mol. The van der Waals surface area contributed by atoms with Crippen molar-refractivity contribution in [1.82, 2.24) is 10.6 Å². The molecule has 0 spiro atoms. The minimum atomic E-state index is 0.289. The van der Waals surface area contributed by atoms with E-state index in [1.165, 1.54) is 12.8 Å². The third kappa shape index (κ3) is 3.09. The average molecular weight is 222 g/mol. The van der Waals surface area contributed by atoms with Crippen LogP contribution in [-0.2, 0) is 6.42 Å². The molecular weight excluding hydrogens is 200 g/mol. The lowest BCUT2D eigenvalue weighted by Gasteiger charge is -2.26. The van der Waals surface area contributed by atoms with Crippen LogP contribution in [0.5, 0.6) is 0 Å². The van der Waals surface area contributed by atoms with Crippen molar-refractivity contribution in [3.63, 3.8) is 0 Å². The van der Waals surface area contributed by atoms with Gasteiger partial charge in [-0.25, -0.2) is 0 Å². The molecular formula is C13H22N2O. The second-order valence-corrected chi connectivity index (χ2v) is 5.16. The molecule has 0 aliphatic carbocycles. The molecule has 1 fully saturated rings. The van der Waals surface area contributed by atoms with E-state index in [9.17, 15) is 0 Å². The Kier molecular flexibility index (Phi) is 3.66. The molecule has 1 aromatic rings. The van der Waals surface area contributed by atoms with E-state index in [1.54, 1.807) is 6.26 Å². The first-order chi connectivity index (χ1) is 7.68. The van der Waals surface area contributed by atoms with Crippen molar-refractivity contribution in [1.29, 1.82) is 0 Å². The van der Waals surface area contributed by atoms with Gasteiger partial charge in [-0.1, -0.05) is 0 Å². The summed E-state index contributed by atoms with van der Waals surface area (Å²) in [5, 5.41) is 7.14. The standard InChI is InChI=1S/C13H22N2O/c1-11(9-12-5-3-8-16-12)14-10-13(2)6-4-7-15-13/h3,5,8,11,14-15H,4,6-7,9-10H2,1-2H3. The largest absolute Gasteiger partial charge is 0.469 e. The molecule has 0 radical (unpaired) electrons. The lowest BCUT2D eigenvalue weighted by Crippen LogP contribution is -2.48. The Morgan fingerprint density at radius 1 is 1.62 bits per heavy atom. The quantitative estimate of drug-likeness (QED) is 0.799. The topological polar surface area (TPSA) is 37.2 Å². The monoisotopic (exact) mass is 222 g/mol. The lowest BCUT2D eigenvalue weighted by atomic mass is 10.00. The molecule has 2 heterocycles. The van der Waals surface area contributed by atoms with Gasteiger partial charge in [-0.05, 0) is 45.4 Å². The summed E-state index contributed by atoms with van der Waals surface area (Å²) in [6.07, 6.45) is 5.27. The van der Waals surface area contributed by atoms with Gasteiger partial charge in [0.1, 0.15) is 5.76 Å². The number of nitrogens with one attached hydrogen (secondary N) is 2. The molecule has 0 bridgehead atoms. The molecule has 1 saturated heterocycles. The summed E-state index contributed by atoms with van der Waals surface area (Å²) in [6.45, 7) is 6.70. The van der Waals surface area contributed by atoms with Gasteiger partial charge in [0.05, 0.1) is 6.26 Å². The van der Waals surface area contributed by atoms with Crippen LogP contribution < -0.4 is 10.6 Å². The summed E-state index contributed by atoms with van der Waals surface area (Å²) in [5.41, 5.74) is 0.289. The van der Waals surface area contributed by atoms with Crippen molar-refractivity contribution >= 4 is 0 Å². The number of furan rings is 1. The van der Waals surface area contributed by atoms with Crippen LogP contribution in [0.4, 0.5) is 0 Å². The maximum Gasteiger partial charge on any atom is 0.105 e. The molecule has 2 N–H and O–H groups in total.